The number of aliphatic hydroxyl groups excluding tert-OH is 1. The summed E-state index contributed by atoms with van der Waals surface area (Å²) < 4.78 is 5.54. The van der Waals surface area contributed by atoms with E-state index >= 15 is 0 Å². The van der Waals surface area contributed by atoms with Crippen LogP contribution in [0, 0.1) is 0 Å². The Bertz CT molecular complexity index is 922. The van der Waals surface area contributed by atoms with Crippen LogP contribution in [0.15, 0.2) is 65.3 Å². The number of hydrogen-bond donors (Lipinski definition) is 1. The molecule has 4 heteroatoms. The van der Waals surface area contributed by atoms with E-state index in [0.29, 0.717) is 28.0 Å². The molecular weight excluding hydrogens is 292 g/mol. The van der Waals surface area contributed by atoms with Gasteiger partial charge in [0, 0.05) is 16.7 Å². The van der Waals surface area contributed by atoms with Gasteiger partial charge in [-0.2, -0.15) is 0 Å². The molecule has 0 radical (unpaired) electrons. The fourth-order valence-corrected chi connectivity index (χ4v) is 2.93. The lowest BCUT2D eigenvalue weighted by Crippen LogP contribution is -2.22. The van der Waals surface area contributed by atoms with Gasteiger partial charge in [-0.1, -0.05) is 54.6 Å². The van der Waals surface area contributed by atoms with Gasteiger partial charge in [-0.3, -0.25) is 9.59 Å². The number of aliphatic hydroxyl groups is 1. The molecular formula is C19H12O4. The van der Waals surface area contributed by atoms with Crippen molar-refractivity contribution in [3.63, 3.8) is 0 Å². The predicted molar refractivity (Wildman–Crippen MR) is 83.3 cm³/mol. The normalized spacial score (nSPS) is 14.3. The summed E-state index contributed by atoms with van der Waals surface area (Å²) in [6, 6.07) is 15.8. The highest BCUT2D eigenvalue weighted by molar-refractivity contribution is 6.53. The van der Waals surface area contributed by atoms with Gasteiger partial charge in [-0.25, -0.2) is 0 Å². The molecule has 0 spiro atoms. The second kappa shape index (κ2) is 5.04. The maximum atomic E-state index is 12.5. The Kier molecular flexibility index (Phi) is 2.99. The monoisotopic (exact) mass is 304 g/mol. The lowest BCUT2D eigenvalue weighted by atomic mass is 9.85. The van der Waals surface area contributed by atoms with E-state index in [2.05, 4.69) is 0 Å². The Labute approximate surface area is 132 Å². The van der Waals surface area contributed by atoms with E-state index in [9.17, 15) is 14.7 Å². The highest BCUT2D eigenvalue weighted by Gasteiger charge is 2.36. The maximum Gasteiger partial charge on any atom is 0.237 e. The number of carbonyl (C=O) groups is 2. The van der Waals surface area contributed by atoms with Crippen molar-refractivity contribution in [2.75, 3.05) is 0 Å². The van der Waals surface area contributed by atoms with E-state index in [0.717, 1.165) is 0 Å². The lowest BCUT2D eigenvalue weighted by molar-refractivity contribution is 0.0812. The van der Waals surface area contributed by atoms with Gasteiger partial charge in [0.25, 0.3) is 0 Å². The van der Waals surface area contributed by atoms with Crippen molar-refractivity contribution in [1.82, 2.24) is 0 Å². The molecule has 0 amide bonds. The molecule has 1 N–H and O–H groups in total. The number of benzene rings is 2. The highest BCUT2D eigenvalue weighted by atomic mass is 16.3. The molecule has 1 aliphatic carbocycles. The second-order valence-corrected chi connectivity index (χ2v) is 5.41. The third kappa shape index (κ3) is 1.96. The molecule has 0 fully saturated rings. The van der Waals surface area contributed by atoms with Crippen molar-refractivity contribution >= 4 is 11.6 Å². The molecule has 2 aromatic carbocycles. The summed E-state index contributed by atoms with van der Waals surface area (Å²) in [5, 5.41) is 10.6. The van der Waals surface area contributed by atoms with Crippen molar-refractivity contribution in [2.45, 2.75) is 6.10 Å². The summed E-state index contributed by atoms with van der Waals surface area (Å²) in [5.74, 6) is -0.872. The summed E-state index contributed by atoms with van der Waals surface area (Å²) in [6.45, 7) is 0. The fraction of sp³-hybridized carbons (Fsp3) is 0.0526. The summed E-state index contributed by atoms with van der Waals surface area (Å²) in [6.07, 6.45) is 0.334. The lowest BCUT2D eigenvalue weighted by Gasteiger charge is -2.16. The zero-order chi connectivity index (χ0) is 16.0. The molecule has 23 heavy (non-hydrogen) atoms. The fourth-order valence-electron chi connectivity index (χ4n) is 2.93. The third-order valence-electron chi connectivity index (χ3n) is 4.08. The molecule has 1 heterocycles. The van der Waals surface area contributed by atoms with Crippen LogP contribution >= 0.6 is 0 Å². The smallest absolute Gasteiger partial charge is 0.237 e. The SMILES string of the molecule is O=C1C(=O)c2c(C(O)c3ccccc3)coc2-c2ccccc21. The van der Waals surface area contributed by atoms with E-state index in [1.807, 2.05) is 6.07 Å². The molecule has 0 bridgehead atoms. The summed E-state index contributed by atoms with van der Waals surface area (Å²) in [7, 11) is 0. The van der Waals surface area contributed by atoms with Crippen LogP contribution in [0.4, 0.5) is 0 Å². The van der Waals surface area contributed by atoms with Gasteiger partial charge >= 0.3 is 0 Å². The second-order valence-electron chi connectivity index (χ2n) is 5.41. The van der Waals surface area contributed by atoms with Gasteiger partial charge in [-0.15, -0.1) is 0 Å². The van der Waals surface area contributed by atoms with Crippen LogP contribution in [0.2, 0.25) is 0 Å². The van der Waals surface area contributed by atoms with E-state index < -0.39 is 17.7 Å². The molecule has 0 aliphatic heterocycles. The van der Waals surface area contributed by atoms with E-state index in [-0.39, 0.29) is 5.56 Å². The van der Waals surface area contributed by atoms with E-state index in [1.165, 1.54) is 6.26 Å². The first-order valence-corrected chi connectivity index (χ1v) is 7.21. The Morgan fingerprint density at radius 3 is 2.22 bits per heavy atom. The summed E-state index contributed by atoms with van der Waals surface area (Å²) in [4.78, 5) is 24.8. The average Bonchev–Trinajstić information content (AvgIpc) is 3.05. The van der Waals surface area contributed by atoms with Gasteiger partial charge in [0.05, 0.1) is 11.8 Å². The Morgan fingerprint density at radius 1 is 0.826 bits per heavy atom. The quantitative estimate of drug-likeness (QED) is 0.737. The minimum Gasteiger partial charge on any atom is -0.463 e. The molecule has 112 valence electrons. The van der Waals surface area contributed by atoms with Gasteiger partial charge in [0.15, 0.2) is 0 Å². The molecule has 1 unspecified atom stereocenters. The molecule has 4 nitrogen and oxygen atoms in total. The number of Topliss-reactive ketones (excluding diaryl/α,β-unsaturated/α-hetero) is 2. The topological polar surface area (TPSA) is 67.5 Å². The van der Waals surface area contributed by atoms with Gasteiger partial charge in [0.1, 0.15) is 11.9 Å². The predicted octanol–water partition coefficient (Wildman–Crippen LogP) is 3.41. The molecule has 4 rings (SSSR count). The Hall–Kier alpha value is -2.98. The van der Waals surface area contributed by atoms with E-state index in [4.69, 9.17) is 4.42 Å². The molecule has 1 aromatic heterocycles. The average molecular weight is 304 g/mol. The van der Waals surface area contributed by atoms with Crippen LogP contribution in [0.5, 0.6) is 0 Å². The van der Waals surface area contributed by atoms with Crippen LogP contribution in [0.3, 0.4) is 0 Å². The Morgan fingerprint density at radius 2 is 1.48 bits per heavy atom. The van der Waals surface area contributed by atoms with Gasteiger partial charge in [-0.05, 0) is 5.56 Å². The van der Waals surface area contributed by atoms with Crippen LogP contribution < -0.4 is 0 Å². The van der Waals surface area contributed by atoms with Crippen LogP contribution in [0.25, 0.3) is 11.3 Å². The number of ketones is 2. The molecule has 0 saturated heterocycles. The molecule has 1 atom stereocenters. The van der Waals surface area contributed by atoms with Crippen LogP contribution in [0.1, 0.15) is 37.9 Å². The van der Waals surface area contributed by atoms with Crippen molar-refractivity contribution < 1.29 is 19.1 Å². The van der Waals surface area contributed by atoms with Crippen LogP contribution in [-0.4, -0.2) is 16.7 Å². The number of furan rings is 1. The largest absolute Gasteiger partial charge is 0.463 e. The summed E-state index contributed by atoms with van der Waals surface area (Å²) in [5.41, 5.74) is 2.03. The zero-order valence-electron chi connectivity index (χ0n) is 12.0. The molecule has 3 aromatic rings. The first kappa shape index (κ1) is 13.7. The summed E-state index contributed by atoms with van der Waals surface area (Å²) >= 11 is 0. The first-order chi connectivity index (χ1) is 11.2. The third-order valence-corrected chi connectivity index (χ3v) is 4.08. The van der Waals surface area contributed by atoms with Crippen LogP contribution in [-0.2, 0) is 0 Å². The number of fused-ring (bicyclic) bond motifs is 3. The minimum atomic E-state index is -1.02. The van der Waals surface area contributed by atoms with Crippen molar-refractivity contribution in [3.8, 4) is 11.3 Å². The Balaban J connectivity index is 1.91. The highest BCUT2D eigenvalue weighted by Crippen LogP contribution is 2.39. The minimum absolute atomic E-state index is 0.157. The first-order valence-electron chi connectivity index (χ1n) is 7.21. The number of rotatable bonds is 2. The van der Waals surface area contributed by atoms with E-state index in [1.54, 1.807) is 48.5 Å². The number of hydrogen-bond acceptors (Lipinski definition) is 4. The molecule has 0 saturated carbocycles. The zero-order valence-corrected chi connectivity index (χ0v) is 12.0. The van der Waals surface area contributed by atoms with Crippen molar-refractivity contribution in [3.05, 3.63) is 83.1 Å². The maximum absolute atomic E-state index is 12.5. The van der Waals surface area contributed by atoms with Gasteiger partial charge < -0.3 is 9.52 Å². The molecule has 1 aliphatic rings. The standard InChI is InChI=1S/C19H12O4/c20-16(11-6-2-1-3-7-11)14-10-23-19-13-9-5-4-8-12(13)17(21)18(22)15(14)19/h1-10,16,20H. The van der Waals surface area contributed by atoms with Crippen molar-refractivity contribution in [1.29, 1.82) is 0 Å². The van der Waals surface area contributed by atoms with Gasteiger partial charge in [0.2, 0.25) is 11.6 Å². The van der Waals surface area contributed by atoms with Crippen molar-refractivity contribution in [2.24, 2.45) is 0 Å². The number of carbonyl (C=O) groups excluding carboxylic acids is 2.